The number of likely N-dealkylation sites (N-methyl/N-ethyl adjacent to an activating group) is 1. The molecule has 1 aromatic carbocycles. The Morgan fingerprint density at radius 2 is 1.95 bits per heavy atom. The van der Waals surface area contributed by atoms with Crippen molar-refractivity contribution in [2.75, 3.05) is 20.6 Å². The zero-order chi connectivity index (χ0) is 14.3. The van der Waals surface area contributed by atoms with Gasteiger partial charge in [0.25, 0.3) is 0 Å². The van der Waals surface area contributed by atoms with Crippen LogP contribution in [0.4, 0.5) is 0 Å². The molecule has 0 spiro atoms. The molecular weight excluding hydrogens is 238 g/mol. The standard InChI is InChI=1S/C15H25N3O/c1-12(18(2)3)11-17-15(19)14(16)10-9-13-7-5-4-6-8-13/h4-8,12,14H,9-11,16H2,1-3H3,(H,17,19). The van der Waals surface area contributed by atoms with Gasteiger partial charge in [0.2, 0.25) is 5.91 Å². The third-order valence-corrected chi connectivity index (χ3v) is 3.38. The van der Waals surface area contributed by atoms with Crippen molar-refractivity contribution in [2.24, 2.45) is 5.73 Å². The van der Waals surface area contributed by atoms with E-state index in [0.29, 0.717) is 19.0 Å². The van der Waals surface area contributed by atoms with Crippen molar-refractivity contribution in [2.45, 2.75) is 31.8 Å². The van der Waals surface area contributed by atoms with Gasteiger partial charge in [-0.15, -0.1) is 0 Å². The average molecular weight is 263 g/mol. The summed E-state index contributed by atoms with van der Waals surface area (Å²) in [6.45, 7) is 2.70. The first-order valence-electron chi connectivity index (χ1n) is 6.74. The van der Waals surface area contributed by atoms with Crippen molar-refractivity contribution in [3.05, 3.63) is 35.9 Å². The van der Waals surface area contributed by atoms with Crippen LogP contribution in [0.15, 0.2) is 30.3 Å². The number of nitrogens with zero attached hydrogens (tertiary/aromatic N) is 1. The van der Waals surface area contributed by atoms with Crippen LogP contribution in [0.25, 0.3) is 0 Å². The normalized spacial score (nSPS) is 14.2. The number of amides is 1. The fourth-order valence-electron chi connectivity index (χ4n) is 1.66. The Morgan fingerprint density at radius 3 is 2.53 bits per heavy atom. The van der Waals surface area contributed by atoms with Gasteiger partial charge in [-0.3, -0.25) is 4.79 Å². The molecule has 0 aliphatic rings. The zero-order valence-corrected chi connectivity index (χ0v) is 12.1. The maximum atomic E-state index is 11.8. The molecule has 1 amide bonds. The highest BCUT2D eigenvalue weighted by molar-refractivity contribution is 5.81. The Kier molecular flexibility index (Phi) is 6.53. The van der Waals surface area contributed by atoms with Crippen molar-refractivity contribution in [1.82, 2.24) is 10.2 Å². The van der Waals surface area contributed by atoms with Crippen LogP contribution in [0.5, 0.6) is 0 Å². The van der Waals surface area contributed by atoms with Crippen LogP contribution in [0.3, 0.4) is 0 Å². The molecule has 0 heterocycles. The lowest BCUT2D eigenvalue weighted by atomic mass is 10.1. The highest BCUT2D eigenvalue weighted by atomic mass is 16.2. The molecule has 0 aliphatic heterocycles. The van der Waals surface area contributed by atoms with Crippen molar-refractivity contribution < 1.29 is 4.79 Å². The number of hydrogen-bond donors (Lipinski definition) is 2. The van der Waals surface area contributed by atoms with Crippen molar-refractivity contribution >= 4 is 5.91 Å². The number of nitrogens with one attached hydrogen (secondary N) is 1. The lowest BCUT2D eigenvalue weighted by molar-refractivity contribution is -0.122. The van der Waals surface area contributed by atoms with Gasteiger partial charge in [-0.2, -0.15) is 0 Å². The lowest BCUT2D eigenvalue weighted by Gasteiger charge is -2.21. The van der Waals surface area contributed by atoms with E-state index >= 15 is 0 Å². The largest absolute Gasteiger partial charge is 0.353 e. The molecule has 0 bridgehead atoms. The first-order chi connectivity index (χ1) is 9.00. The van der Waals surface area contributed by atoms with Gasteiger partial charge in [0.1, 0.15) is 0 Å². The van der Waals surface area contributed by atoms with E-state index in [1.807, 2.05) is 32.3 Å². The molecule has 106 valence electrons. The van der Waals surface area contributed by atoms with Gasteiger partial charge in [0.15, 0.2) is 0 Å². The number of aryl methyl sites for hydroxylation is 1. The summed E-state index contributed by atoms with van der Waals surface area (Å²) < 4.78 is 0. The fourth-order valence-corrected chi connectivity index (χ4v) is 1.66. The van der Waals surface area contributed by atoms with Gasteiger partial charge in [-0.1, -0.05) is 30.3 Å². The van der Waals surface area contributed by atoms with Crippen molar-refractivity contribution in [3.63, 3.8) is 0 Å². The van der Waals surface area contributed by atoms with Gasteiger partial charge < -0.3 is 16.0 Å². The Morgan fingerprint density at radius 1 is 1.32 bits per heavy atom. The Labute approximate surface area is 116 Å². The third-order valence-electron chi connectivity index (χ3n) is 3.38. The van der Waals surface area contributed by atoms with Crippen LogP contribution >= 0.6 is 0 Å². The van der Waals surface area contributed by atoms with Gasteiger partial charge >= 0.3 is 0 Å². The minimum absolute atomic E-state index is 0.0652. The Hall–Kier alpha value is -1.39. The summed E-state index contributed by atoms with van der Waals surface area (Å²) in [7, 11) is 3.98. The summed E-state index contributed by atoms with van der Waals surface area (Å²) in [4.78, 5) is 13.9. The highest BCUT2D eigenvalue weighted by Crippen LogP contribution is 2.04. The second-order valence-electron chi connectivity index (χ2n) is 5.19. The van der Waals surface area contributed by atoms with E-state index in [-0.39, 0.29) is 5.91 Å². The number of nitrogens with two attached hydrogens (primary N) is 1. The molecular formula is C15H25N3O. The van der Waals surface area contributed by atoms with Crippen LogP contribution in [0.1, 0.15) is 18.9 Å². The van der Waals surface area contributed by atoms with Crippen LogP contribution in [-0.2, 0) is 11.2 Å². The Bertz CT molecular complexity index is 378. The molecule has 0 fully saturated rings. The van der Waals surface area contributed by atoms with Crippen LogP contribution in [-0.4, -0.2) is 43.5 Å². The third kappa shape index (κ3) is 5.85. The van der Waals surface area contributed by atoms with E-state index in [9.17, 15) is 4.79 Å². The minimum atomic E-state index is -0.436. The molecule has 4 heteroatoms. The molecule has 1 rings (SSSR count). The molecule has 1 aromatic rings. The smallest absolute Gasteiger partial charge is 0.236 e. The first-order valence-corrected chi connectivity index (χ1v) is 6.74. The molecule has 0 saturated carbocycles. The summed E-state index contributed by atoms with van der Waals surface area (Å²) in [6, 6.07) is 9.97. The number of benzene rings is 1. The molecule has 0 saturated heterocycles. The van der Waals surface area contributed by atoms with Crippen LogP contribution in [0.2, 0.25) is 0 Å². The van der Waals surface area contributed by atoms with E-state index in [0.717, 1.165) is 6.42 Å². The molecule has 0 radical (unpaired) electrons. The van der Waals surface area contributed by atoms with Gasteiger partial charge in [0, 0.05) is 12.6 Å². The molecule has 2 unspecified atom stereocenters. The number of carbonyl (C=O) groups is 1. The van der Waals surface area contributed by atoms with E-state index in [2.05, 4.69) is 29.3 Å². The summed E-state index contributed by atoms with van der Waals surface area (Å²) in [5.74, 6) is -0.0652. The SMILES string of the molecule is CC(CNC(=O)C(N)CCc1ccccc1)N(C)C. The quantitative estimate of drug-likeness (QED) is 0.772. The second-order valence-corrected chi connectivity index (χ2v) is 5.19. The average Bonchev–Trinajstić information content (AvgIpc) is 2.42. The van der Waals surface area contributed by atoms with E-state index in [4.69, 9.17) is 5.73 Å². The fraction of sp³-hybridized carbons (Fsp3) is 0.533. The predicted molar refractivity (Wildman–Crippen MR) is 78.9 cm³/mol. The van der Waals surface area contributed by atoms with E-state index in [1.54, 1.807) is 0 Å². The minimum Gasteiger partial charge on any atom is -0.353 e. The molecule has 2 atom stereocenters. The monoisotopic (exact) mass is 263 g/mol. The van der Waals surface area contributed by atoms with Crippen LogP contribution in [0, 0.1) is 0 Å². The Balaban J connectivity index is 2.29. The molecule has 0 aliphatic carbocycles. The van der Waals surface area contributed by atoms with Crippen molar-refractivity contribution in [1.29, 1.82) is 0 Å². The molecule has 0 aromatic heterocycles. The van der Waals surface area contributed by atoms with E-state index < -0.39 is 6.04 Å². The summed E-state index contributed by atoms with van der Waals surface area (Å²) in [5.41, 5.74) is 7.12. The van der Waals surface area contributed by atoms with E-state index in [1.165, 1.54) is 5.56 Å². The number of hydrogen-bond acceptors (Lipinski definition) is 3. The molecule has 3 N–H and O–H groups in total. The molecule has 4 nitrogen and oxygen atoms in total. The maximum Gasteiger partial charge on any atom is 0.236 e. The van der Waals surface area contributed by atoms with Crippen molar-refractivity contribution in [3.8, 4) is 0 Å². The topological polar surface area (TPSA) is 58.4 Å². The van der Waals surface area contributed by atoms with Gasteiger partial charge in [0.05, 0.1) is 6.04 Å². The van der Waals surface area contributed by atoms with Crippen LogP contribution < -0.4 is 11.1 Å². The number of rotatable bonds is 7. The number of carbonyl (C=O) groups excluding carboxylic acids is 1. The highest BCUT2D eigenvalue weighted by Gasteiger charge is 2.14. The first kappa shape index (κ1) is 15.7. The maximum absolute atomic E-state index is 11.8. The summed E-state index contributed by atoms with van der Waals surface area (Å²) in [5, 5.41) is 2.89. The van der Waals surface area contributed by atoms with Gasteiger partial charge in [-0.25, -0.2) is 0 Å². The molecule has 19 heavy (non-hydrogen) atoms. The summed E-state index contributed by atoms with van der Waals surface area (Å²) >= 11 is 0. The predicted octanol–water partition coefficient (Wildman–Crippen LogP) is 1.01. The summed E-state index contributed by atoms with van der Waals surface area (Å²) in [6.07, 6.45) is 1.50. The zero-order valence-electron chi connectivity index (χ0n) is 12.1. The second kappa shape index (κ2) is 7.92. The lowest BCUT2D eigenvalue weighted by Crippen LogP contribution is -2.45. The van der Waals surface area contributed by atoms with Gasteiger partial charge in [-0.05, 0) is 39.4 Å².